The van der Waals surface area contributed by atoms with Gasteiger partial charge in [0.15, 0.2) is 0 Å². The van der Waals surface area contributed by atoms with Crippen LogP contribution in [0.3, 0.4) is 0 Å². The van der Waals surface area contributed by atoms with Crippen molar-refractivity contribution in [3.05, 3.63) is 77.4 Å². The molecule has 29 heavy (non-hydrogen) atoms. The molecule has 0 spiro atoms. The third-order valence-electron chi connectivity index (χ3n) is 4.46. The van der Waals surface area contributed by atoms with Crippen molar-refractivity contribution < 1.29 is 33.3 Å². The standard InChI is InChI=1S/C22H17F3O4/c23-22(24,25)19-4-2-1-3-17(19)14-7-5-13(6-8-14)9-15(26)10-18-20(28)11-16(27)12-21(18)29/h1-8,11-12,27-29H,9-10H2. The Balaban J connectivity index is 1.76. The summed E-state index contributed by atoms with van der Waals surface area (Å²) in [6.45, 7) is 0. The molecular weight excluding hydrogens is 385 g/mol. The first-order chi connectivity index (χ1) is 13.6. The van der Waals surface area contributed by atoms with E-state index in [1.807, 2.05) is 0 Å². The van der Waals surface area contributed by atoms with Crippen LogP contribution in [0.15, 0.2) is 60.7 Å². The number of alkyl halides is 3. The van der Waals surface area contributed by atoms with Crippen LogP contribution in [0.5, 0.6) is 17.2 Å². The number of carbonyl (C=O) groups is 1. The monoisotopic (exact) mass is 402 g/mol. The van der Waals surface area contributed by atoms with Crippen molar-refractivity contribution in [3.63, 3.8) is 0 Å². The normalized spacial score (nSPS) is 11.4. The second-order valence-corrected chi connectivity index (χ2v) is 6.60. The molecule has 0 bridgehead atoms. The number of hydrogen-bond acceptors (Lipinski definition) is 4. The number of hydrogen-bond donors (Lipinski definition) is 3. The fourth-order valence-corrected chi connectivity index (χ4v) is 3.08. The van der Waals surface area contributed by atoms with Gasteiger partial charge in [-0.2, -0.15) is 13.2 Å². The number of benzene rings is 3. The van der Waals surface area contributed by atoms with Gasteiger partial charge in [-0.1, -0.05) is 42.5 Å². The molecule has 0 atom stereocenters. The number of Topliss-reactive ketones (excluding diaryl/α,β-unsaturated/α-hetero) is 1. The summed E-state index contributed by atoms with van der Waals surface area (Å²) in [6, 6.07) is 13.5. The minimum atomic E-state index is -4.47. The van der Waals surface area contributed by atoms with Crippen LogP contribution in [0.1, 0.15) is 16.7 Å². The van der Waals surface area contributed by atoms with E-state index in [4.69, 9.17) is 0 Å². The molecule has 4 nitrogen and oxygen atoms in total. The molecule has 0 radical (unpaired) electrons. The SMILES string of the molecule is O=C(Cc1ccc(-c2ccccc2C(F)(F)F)cc1)Cc1c(O)cc(O)cc1O. The van der Waals surface area contributed by atoms with Gasteiger partial charge in [-0.25, -0.2) is 0 Å². The molecular formula is C22H17F3O4. The average Bonchev–Trinajstić information content (AvgIpc) is 2.64. The van der Waals surface area contributed by atoms with E-state index in [9.17, 15) is 33.3 Å². The molecule has 0 aliphatic rings. The predicted octanol–water partition coefficient (Wildman–Crippen LogP) is 4.84. The lowest BCUT2D eigenvalue weighted by atomic mass is 9.96. The third-order valence-corrected chi connectivity index (χ3v) is 4.46. The zero-order valence-corrected chi connectivity index (χ0v) is 15.1. The molecule has 3 aromatic carbocycles. The van der Waals surface area contributed by atoms with Crippen molar-refractivity contribution in [1.29, 1.82) is 0 Å². The molecule has 0 heterocycles. The topological polar surface area (TPSA) is 77.8 Å². The highest BCUT2D eigenvalue weighted by atomic mass is 19.4. The fourth-order valence-electron chi connectivity index (χ4n) is 3.08. The summed E-state index contributed by atoms with van der Waals surface area (Å²) >= 11 is 0. The van der Waals surface area contributed by atoms with Gasteiger partial charge in [0.25, 0.3) is 0 Å². The van der Waals surface area contributed by atoms with E-state index >= 15 is 0 Å². The van der Waals surface area contributed by atoms with Crippen molar-refractivity contribution in [2.75, 3.05) is 0 Å². The van der Waals surface area contributed by atoms with Crippen LogP contribution in [0, 0.1) is 0 Å². The Morgan fingerprint density at radius 3 is 2.00 bits per heavy atom. The molecule has 3 aromatic rings. The molecule has 0 amide bonds. The molecule has 0 aromatic heterocycles. The van der Waals surface area contributed by atoms with Crippen LogP contribution < -0.4 is 0 Å². The van der Waals surface area contributed by atoms with Crippen LogP contribution in [0.4, 0.5) is 13.2 Å². The second kappa shape index (κ2) is 7.87. The summed E-state index contributed by atoms with van der Waals surface area (Å²) in [5.74, 6) is -1.43. The minimum Gasteiger partial charge on any atom is -0.508 e. The molecule has 150 valence electrons. The first-order valence-electron chi connectivity index (χ1n) is 8.66. The first kappa shape index (κ1) is 20.3. The predicted molar refractivity (Wildman–Crippen MR) is 101 cm³/mol. The number of phenolic OH excluding ortho intramolecular Hbond substituents is 3. The van der Waals surface area contributed by atoms with Crippen LogP contribution in [0.2, 0.25) is 0 Å². The number of halogens is 3. The highest BCUT2D eigenvalue weighted by Crippen LogP contribution is 2.37. The van der Waals surface area contributed by atoms with Crippen molar-refractivity contribution in [3.8, 4) is 28.4 Å². The van der Waals surface area contributed by atoms with Gasteiger partial charge in [-0.05, 0) is 22.8 Å². The number of aromatic hydroxyl groups is 3. The van der Waals surface area contributed by atoms with Gasteiger partial charge < -0.3 is 15.3 Å². The number of ketones is 1. The first-order valence-corrected chi connectivity index (χ1v) is 8.66. The lowest BCUT2D eigenvalue weighted by Gasteiger charge is -2.13. The van der Waals surface area contributed by atoms with Gasteiger partial charge in [0.1, 0.15) is 23.0 Å². The average molecular weight is 402 g/mol. The van der Waals surface area contributed by atoms with Crippen LogP contribution in [-0.2, 0) is 23.8 Å². The Bertz CT molecular complexity index is 1020. The lowest BCUT2D eigenvalue weighted by Crippen LogP contribution is -2.08. The molecule has 0 aliphatic carbocycles. The molecule has 0 saturated heterocycles. The highest BCUT2D eigenvalue weighted by molar-refractivity contribution is 5.84. The summed E-state index contributed by atoms with van der Waals surface area (Å²) in [7, 11) is 0. The summed E-state index contributed by atoms with van der Waals surface area (Å²) in [5, 5.41) is 28.9. The highest BCUT2D eigenvalue weighted by Gasteiger charge is 2.33. The molecule has 0 saturated carbocycles. The number of carbonyl (C=O) groups excluding carboxylic acids is 1. The molecule has 7 heteroatoms. The van der Waals surface area contributed by atoms with E-state index in [2.05, 4.69) is 0 Å². The zero-order valence-electron chi connectivity index (χ0n) is 15.1. The fraction of sp³-hybridized carbons (Fsp3) is 0.136. The van der Waals surface area contributed by atoms with Crippen molar-refractivity contribution in [2.45, 2.75) is 19.0 Å². The quantitative estimate of drug-likeness (QED) is 0.571. The van der Waals surface area contributed by atoms with Crippen molar-refractivity contribution in [2.24, 2.45) is 0 Å². The van der Waals surface area contributed by atoms with Gasteiger partial charge in [0, 0.05) is 30.5 Å². The second-order valence-electron chi connectivity index (χ2n) is 6.60. The molecule has 0 unspecified atom stereocenters. The summed E-state index contributed by atoms with van der Waals surface area (Å²) in [5.41, 5.74) is 0.284. The molecule has 0 aliphatic heterocycles. The van der Waals surface area contributed by atoms with Gasteiger partial charge >= 0.3 is 6.18 Å². The summed E-state index contributed by atoms with van der Waals surface area (Å²) < 4.78 is 39.5. The Morgan fingerprint density at radius 1 is 0.828 bits per heavy atom. The minimum absolute atomic E-state index is 0.00326. The number of rotatable bonds is 5. The van der Waals surface area contributed by atoms with Crippen LogP contribution in [-0.4, -0.2) is 21.1 Å². The largest absolute Gasteiger partial charge is 0.508 e. The summed E-state index contributed by atoms with van der Waals surface area (Å²) in [4.78, 5) is 12.3. The van der Waals surface area contributed by atoms with E-state index in [1.54, 1.807) is 12.1 Å². The number of phenols is 3. The van der Waals surface area contributed by atoms with Crippen LogP contribution in [0.25, 0.3) is 11.1 Å². The van der Waals surface area contributed by atoms with Crippen molar-refractivity contribution >= 4 is 5.78 Å². The van der Waals surface area contributed by atoms with E-state index in [-0.39, 0.29) is 35.5 Å². The smallest absolute Gasteiger partial charge is 0.417 e. The maximum absolute atomic E-state index is 13.2. The van der Waals surface area contributed by atoms with Gasteiger partial charge in [0.05, 0.1) is 5.56 Å². The molecule has 0 fully saturated rings. The Hall–Kier alpha value is -3.48. The van der Waals surface area contributed by atoms with E-state index in [0.29, 0.717) is 11.1 Å². The molecule has 3 N–H and O–H groups in total. The van der Waals surface area contributed by atoms with Crippen LogP contribution >= 0.6 is 0 Å². The zero-order chi connectivity index (χ0) is 21.2. The Kier molecular flexibility index (Phi) is 5.50. The van der Waals surface area contributed by atoms with Gasteiger partial charge in [-0.15, -0.1) is 0 Å². The van der Waals surface area contributed by atoms with E-state index in [0.717, 1.165) is 18.2 Å². The van der Waals surface area contributed by atoms with E-state index in [1.165, 1.54) is 30.3 Å². The maximum atomic E-state index is 13.2. The molecule has 3 rings (SSSR count). The summed E-state index contributed by atoms with van der Waals surface area (Å²) in [6.07, 6.45) is -4.75. The Labute approximate surface area is 164 Å². The van der Waals surface area contributed by atoms with Crippen molar-refractivity contribution in [1.82, 2.24) is 0 Å². The van der Waals surface area contributed by atoms with Gasteiger partial charge in [0.2, 0.25) is 0 Å². The lowest BCUT2D eigenvalue weighted by molar-refractivity contribution is -0.137. The van der Waals surface area contributed by atoms with Gasteiger partial charge in [-0.3, -0.25) is 4.79 Å². The third kappa shape index (κ3) is 4.68. The maximum Gasteiger partial charge on any atom is 0.417 e. The Morgan fingerprint density at radius 2 is 1.41 bits per heavy atom. The van der Waals surface area contributed by atoms with E-state index < -0.39 is 23.2 Å².